The SMILES string of the molecule is CC[C@H](C)[C@@H]([C@@H](CC(=O)N1CCC[C@H]1[C@H](OC)[C@@H](C)C(=O)N[C@@H](Cc1ccccc1)C(=O)N(C)Cc1ccc(NC(=O)[C@H](CCCNC(N)=O)NC(=O)[C@@H](NC(=O)CCC(=O)N2C3CCC2CC(C(=O)OC)C3)C(C)C)cc1)OC)N(C)C(=O)[C@@H](NC(=O)[C@H](C(C)C)N(C)C)C(C)C. The maximum absolute atomic E-state index is 14.7. The van der Waals surface area contributed by atoms with Gasteiger partial charge >= 0.3 is 12.0 Å². The van der Waals surface area contributed by atoms with Crippen molar-refractivity contribution < 1.29 is 67.0 Å². The first-order chi connectivity index (χ1) is 46.4. The first-order valence-electron chi connectivity index (χ1n) is 35.0. The van der Waals surface area contributed by atoms with Crippen molar-refractivity contribution >= 4 is 70.9 Å². The Morgan fingerprint density at radius 3 is 1.83 bits per heavy atom. The first kappa shape index (κ1) is 81.0. The molecule has 3 aliphatic heterocycles. The zero-order valence-electron chi connectivity index (χ0n) is 60.9. The number of nitrogens with one attached hydrogen (secondary N) is 6. The van der Waals surface area contributed by atoms with Gasteiger partial charge in [-0.15, -0.1) is 0 Å². The van der Waals surface area contributed by atoms with Crippen molar-refractivity contribution in [2.75, 3.05) is 67.9 Å². The number of ether oxygens (including phenoxy) is 3. The lowest BCUT2D eigenvalue weighted by Crippen LogP contribution is -2.59. The largest absolute Gasteiger partial charge is 0.469 e. The van der Waals surface area contributed by atoms with E-state index in [2.05, 4.69) is 31.9 Å². The molecule has 8 N–H and O–H groups in total. The van der Waals surface area contributed by atoms with Gasteiger partial charge in [0.2, 0.25) is 53.2 Å². The Kier molecular flexibility index (Phi) is 31.9. The number of likely N-dealkylation sites (N-methyl/N-ethyl adjacent to an activating group) is 3. The van der Waals surface area contributed by atoms with Gasteiger partial charge in [0, 0.05) is 85.0 Å². The van der Waals surface area contributed by atoms with Crippen molar-refractivity contribution in [1.82, 2.24) is 51.1 Å². The number of methoxy groups -OCH3 is 3. The zero-order valence-corrected chi connectivity index (χ0v) is 60.9. The van der Waals surface area contributed by atoms with E-state index in [1.807, 2.05) is 90.9 Å². The highest BCUT2D eigenvalue weighted by atomic mass is 16.5. The molecule has 0 spiro atoms. The van der Waals surface area contributed by atoms with Gasteiger partial charge < -0.3 is 71.4 Å². The van der Waals surface area contributed by atoms with Crippen molar-refractivity contribution in [3.8, 4) is 0 Å². The number of likely N-dealkylation sites (tertiary alicyclic amines) is 1. The molecule has 0 aliphatic carbocycles. The molecule has 3 aliphatic rings. The molecule has 26 nitrogen and oxygen atoms in total. The Labute approximate surface area is 580 Å². The maximum Gasteiger partial charge on any atom is 0.312 e. The molecule has 2 aromatic rings. The topological polar surface area (TPSA) is 330 Å². The predicted octanol–water partition coefficient (Wildman–Crippen LogP) is 4.76. The number of carbonyl (C=O) groups excluding carboxylic acids is 11. The quantitative estimate of drug-likeness (QED) is 0.0354. The summed E-state index contributed by atoms with van der Waals surface area (Å²) in [5.74, 6) is -5.67. The van der Waals surface area contributed by atoms with Gasteiger partial charge in [-0.1, -0.05) is 111 Å². The van der Waals surface area contributed by atoms with Crippen molar-refractivity contribution in [3.63, 3.8) is 0 Å². The van der Waals surface area contributed by atoms with Crippen molar-refractivity contribution in [2.45, 2.75) is 219 Å². The number of benzene rings is 2. The molecule has 11 amide bonds. The van der Waals surface area contributed by atoms with Crippen molar-refractivity contribution in [1.29, 1.82) is 0 Å². The van der Waals surface area contributed by atoms with Crippen LogP contribution in [-0.2, 0) is 75.1 Å². The van der Waals surface area contributed by atoms with E-state index in [-0.39, 0.29) is 123 Å². The number of amides is 11. The average Bonchev–Trinajstić information content (AvgIpc) is 1.62. The fraction of sp³-hybridized carbons (Fsp3) is 0.681. The highest BCUT2D eigenvalue weighted by Gasteiger charge is 2.47. The van der Waals surface area contributed by atoms with Crippen molar-refractivity contribution in [3.05, 3.63) is 65.7 Å². The second-order valence-electron chi connectivity index (χ2n) is 28.3. The molecule has 26 heteroatoms. The molecule has 2 unspecified atom stereocenters. The molecule has 3 saturated heterocycles. The molecule has 0 saturated carbocycles. The third-order valence-corrected chi connectivity index (χ3v) is 19.8. The summed E-state index contributed by atoms with van der Waals surface area (Å²) >= 11 is 0. The summed E-state index contributed by atoms with van der Waals surface area (Å²) < 4.78 is 17.2. The van der Waals surface area contributed by atoms with Crippen LogP contribution in [0.3, 0.4) is 0 Å². The second-order valence-corrected chi connectivity index (χ2v) is 28.3. The lowest BCUT2D eigenvalue weighted by atomic mass is 9.89. The number of carbonyl (C=O) groups is 11. The minimum Gasteiger partial charge on any atom is -0.469 e. The Bertz CT molecular complexity index is 2980. The number of nitrogens with two attached hydrogens (primary N) is 1. The van der Waals surface area contributed by atoms with E-state index in [0.29, 0.717) is 49.9 Å². The smallest absolute Gasteiger partial charge is 0.312 e. The van der Waals surface area contributed by atoms with Gasteiger partial charge in [0.25, 0.3) is 0 Å². The summed E-state index contributed by atoms with van der Waals surface area (Å²) in [6.45, 7) is 17.6. The van der Waals surface area contributed by atoms with E-state index in [0.717, 1.165) is 18.4 Å². The molecule has 13 atom stereocenters. The molecule has 0 radical (unpaired) electrons. The first-order valence-corrected chi connectivity index (χ1v) is 35.0. The zero-order chi connectivity index (χ0) is 72.8. The molecule has 3 fully saturated rings. The molecule has 3 heterocycles. The number of esters is 1. The monoisotopic (exact) mass is 1370 g/mol. The molecule has 0 aromatic heterocycles. The summed E-state index contributed by atoms with van der Waals surface area (Å²) in [5.41, 5.74) is 7.15. The van der Waals surface area contributed by atoms with E-state index < -0.39 is 96.0 Å². The lowest BCUT2D eigenvalue weighted by molar-refractivity contribution is -0.151. The van der Waals surface area contributed by atoms with Crippen LogP contribution in [0.25, 0.3) is 0 Å². The number of rotatable bonds is 37. The number of nitrogens with zero attached hydrogens (tertiary/aromatic N) is 5. The van der Waals surface area contributed by atoms with Crippen LogP contribution in [0.5, 0.6) is 0 Å². The summed E-state index contributed by atoms with van der Waals surface area (Å²) in [6.07, 6.45) is 3.10. The molecule has 546 valence electrons. The van der Waals surface area contributed by atoms with Crippen LogP contribution in [0.4, 0.5) is 10.5 Å². The molecule has 5 rings (SSSR count). The van der Waals surface area contributed by atoms with Crippen LogP contribution in [0.2, 0.25) is 0 Å². The predicted molar refractivity (Wildman–Crippen MR) is 372 cm³/mol. The highest BCUT2D eigenvalue weighted by molar-refractivity contribution is 5.99. The molecule has 98 heavy (non-hydrogen) atoms. The molecule has 2 bridgehead atoms. The lowest BCUT2D eigenvalue weighted by Gasteiger charge is -2.41. The summed E-state index contributed by atoms with van der Waals surface area (Å²) in [5, 5.41) is 17.0. The third kappa shape index (κ3) is 22.4. The van der Waals surface area contributed by atoms with Gasteiger partial charge in [0.15, 0.2) is 0 Å². The average molecular weight is 1370 g/mol. The van der Waals surface area contributed by atoms with Gasteiger partial charge in [-0.25, -0.2) is 4.79 Å². The second kappa shape index (κ2) is 38.6. The normalized spacial score (nSPS) is 19.8. The Balaban J connectivity index is 1.24. The van der Waals surface area contributed by atoms with Crippen LogP contribution in [0.15, 0.2) is 54.6 Å². The number of fused-ring (bicyclic) bond motifs is 2. The van der Waals surface area contributed by atoms with E-state index in [4.69, 9.17) is 19.9 Å². The van der Waals surface area contributed by atoms with E-state index >= 15 is 0 Å². The maximum atomic E-state index is 14.7. The van der Waals surface area contributed by atoms with Crippen LogP contribution < -0.4 is 37.6 Å². The van der Waals surface area contributed by atoms with Crippen molar-refractivity contribution in [2.24, 2.45) is 41.2 Å². The van der Waals surface area contributed by atoms with Gasteiger partial charge in [-0.2, -0.15) is 0 Å². The number of piperidine rings is 1. The van der Waals surface area contributed by atoms with Gasteiger partial charge in [0.1, 0.15) is 24.2 Å². The van der Waals surface area contributed by atoms with E-state index in [9.17, 15) is 52.7 Å². The van der Waals surface area contributed by atoms with Crippen LogP contribution >= 0.6 is 0 Å². The number of primary amides is 1. The Hall–Kier alpha value is -7.71. The summed E-state index contributed by atoms with van der Waals surface area (Å²) in [6, 6.07) is 9.54. The molecular weight excluding hydrogens is 1260 g/mol. The fourth-order valence-electron chi connectivity index (χ4n) is 14.4. The van der Waals surface area contributed by atoms with Crippen LogP contribution in [-0.4, -0.2) is 219 Å². The minimum atomic E-state index is -1.13. The standard InChI is InChI=1S/C72H114N12O14/c1-17-45(8)63(82(13)70(93)61(43(4)5)79-68(91)62(44(6)7)80(10)11)56(96-14)40-59(87)83-36-22-26-55(83)64(97-15)46(9)65(88)77-54(37-47-23-19-18-20-24-47)69(92)81(12)41-48-27-29-50(30-28-48)75-66(89)53(25-21-35-74-72(73)95)76-67(90)60(42(2)3)78-57(85)33-34-58(86)84-51-31-32-52(84)39-49(38-51)71(94)98-16/h18-20,23-24,27-30,42-46,49,51-56,60-64H,17,21-22,25-26,31-41H2,1-16H3,(H,75,89)(H,76,90)(H,77,88)(H,78,85)(H,79,91)(H3,73,74,95)/t45-,46+,49?,51?,52?,53-,54-,55-,56+,60-,61-,62-,63-,64+/m0/s1. The molecular formula is C72H114N12O14. The number of urea groups is 1. The highest BCUT2D eigenvalue weighted by Crippen LogP contribution is 2.40. The van der Waals surface area contributed by atoms with Crippen LogP contribution in [0.1, 0.15) is 150 Å². The Morgan fingerprint density at radius 1 is 0.653 bits per heavy atom. The van der Waals surface area contributed by atoms with E-state index in [1.54, 1.807) is 73.8 Å². The Morgan fingerprint density at radius 2 is 1.28 bits per heavy atom. The van der Waals surface area contributed by atoms with Gasteiger partial charge in [-0.3, -0.25) is 52.8 Å². The summed E-state index contributed by atoms with van der Waals surface area (Å²) in [4.78, 5) is 159. The number of hydrogen-bond acceptors (Lipinski definition) is 15. The minimum absolute atomic E-state index is 0.00705. The number of hydrogen-bond donors (Lipinski definition) is 7. The summed E-state index contributed by atoms with van der Waals surface area (Å²) in [7, 11) is 11.4. The number of anilines is 1. The van der Waals surface area contributed by atoms with E-state index in [1.165, 1.54) is 26.2 Å². The fourth-order valence-corrected chi connectivity index (χ4v) is 14.4. The van der Waals surface area contributed by atoms with Crippen LogP contribution in [0, 0.1) is 35.5 Å². The molecule has 2 aromatic carbocycles. The van der Waals surface area contributed by atoms with Gasteiger partial charge in [-0.05, 0) is 112 Å². The third-order valence-electron chi connectivity index (χ3n) is 19.8. The van der Waals surface area contributed by atoms with Gasteiger partial charge in [0.05, 0.1) is 55.7 Å².